The summed E-state index contributed by atoms with van der Waals surface area (Å²) in [6.07, 6.45) is 2.96. The Morgan fingerprint density at radius 2 is 2.32 bits per heavy atom. The first-order chi connectivity index (χ1) is 9.24. The summed E-state index contributed by atoms with van der Waals surface area (Å²) in [5, 5.41) is 9.33. The monoisotopic (exact) mass is 281 g/mol. The maximum Gasteiger partial charge on any atom is 0.158 e. The van der Waals surface area contributed by atoms with Gasteiger partial charge >= 0.3 is 0 Å². The number of rotatable bonds is 4. The van der Waals surface area contributed by atoms with E-state index in [2.05, 4.69) is 0 Å². The zero-order chi connectivity index (χ0) is 13.7. The lowest BCUT2D eigenvalue weighted by Gasteiger charge is -2.23. The number of nitriles is 1. The van der Waals surface area contributed by atoms with Crippen molar-refractivity contribution in [3.63, 3.8) is 0 Å². The Hall–Kier alpha value is -1.28. The molecule has 1 unspecified atom stereocenters. The number of nitrogens with zero attached hydrogens (tertiary/aromatic N) is 1. The van der Waals surface area contributed by atoms with E-state index in [9.17, 15) is 0 Å². The fourth-order valence-electron chi connectivity index (χ4n) is 2.01. The largest absolute Gasteiger partial charge is 0.496 e. The fraction of sp³-hybridized carbons (Fsp3) is 0.500. The van der Waals surface area contributed by atoms with Gasteiger partial charge in [-0.25, -0.2) is 0 Å². The Morgan fingerprint density at radius 3 is 2.95 bits per heavy atom. The first-order valence-corrected chi connectivity index (χ1v) is 6.62. The predicted octanol–water partition coefficient (Wildman–Crippen LogP) is 3.26. The zero-order valence-electron chi connectivity index (χ0n) is 10.8. The van der Waals surface area contributed by atoms with Gasteiger partial charge in [-0.1, -0.05) is 11.6 Å². The van der Waals surface area contributed by atoms with Gasteiger partial charge in [0.15, 0.2) is 6.29 Å². The van der Waals surface area contributed by atoms with Gasteiger partial charge in [0.1, 0.15) is 11.8 Å². The molecule has 0 aromatic heterocycles. The van der Waals surface area contributed by atoms with Crippen LogP contribution in [-0.4, -0.2) is 20.0 Å². The fourth-order valence-corrected chi connectivity index (χ4v) is 2.24. The number of ether oxygens (including phenoxy) is 3. The first-order valence-electron chi connectivity index (χ1n) is 6.24. The molecule has 0 bridgehead atoms. The Balaban J connectivity index is 2.06. The Morgan fingerprint density at radius 1 is 1.47 bits per heavy atom. The van der Waals surface area contributed by atoms with Crippen LogP contribution in [0.2, 0.25) is 5.02 Å². The Kier molecular flexibility index (Phi) is 5.03. The molecule has 1 fully saturated rings. The van der Waals surface area contributed by atoms with Crippen LogP contribution >= 0.6 is 11.6 Å². The van der Waals surface area contributed by atoms with E-state index in [1.54, 1.807) is 19.2 Å². The molecule has 1 aromatic carbocycles. The number of halogens is 1. The minimum Gasteiger partial charge on any atom is -0.496 e. The average Bonchev–Trinajstić information content (AvgIpc) is 2.46. The minimum atomic E-state index is -0.159. The van der Waals surface area contributed by atoms with Crippen LogP contribution in [0.25, 0.3) is 0 Å². The summed E-state index contributed by atoms with van der Waals surface area (Å²) >= 11 is 6.02. The standard InChI is InChI=1S/C14H16ClNO3/c1-17-13-7-10(8-16)12(15)6-11(13)9-19-14-4-2-3-5-18-14/h6-7,14H,2-5,9H2,1H3. The molecule has 4 nitrogen and oxygen atoms in total. The maximum absolute atomic E-state index is 8.92. The second-order valence-corrected chi connectivity index (χ2v) is 4.77. The Labute approximate surface area is 117 Å². The van der Waals surface area contributed by atoms with Crippen LogP contribution in [0.1, 0.15) is 30.4 Å². The van der Waals surface area contributed by atoms with Crippen molar-refractivity contribution in [3.8, 4) is 11.8 Å². The normalized spacial score (nSPS) is 18.9. The molecule has 1 aliphatic heterocycles. The molecule has 1 aromatic rings. The summed E-state index contributed by atoms with van der Waals surface area (Å²) in [6, 6.07) is 5.36. The SMILES string of the molecule is COc1cc(C#N)c(Cl)cc1COC1CCCCO1. The van der Waals surface area contributed by atoms with E-state index < -0.39 is 0 Å². The van der Waals surface area contributed by atoms with Crippen LogP contribution in [0.5, 0.6) is 5.75 Å². The van der Waals surface area contributed by atoms with E-state index in [1.165, 1.54) is 0 Å². The highest BCUT2D eigenvalue weighted by atomic mass is 35.5. The predicted molar refractivity (Wildman–Crippen MR) is 71.1 cm³/mol. The highest BCUT2D eigenvalue weighted by Gasteiger charge is 2.16. The lowest BCUT2D eigenvalue weighted by Crippen LogP contribution is -2.22. The molecule has 0 aliphatic carbocycles. The van der Waals surface area contributed by atoms with Gasteiger partial charge in [-0.05, 0) is 31.4 Å². The molecule has 0 amide bonds. The highest BCUT2D eigenvalue weighted by Crippen LogP contribution is 2.28. The second kappa shape index (κ2) is 6.76. The third-order valence-electron chi connectivity index (χ3n) is 3.05. The van der Waals surface area contributed by atoms with E-state index >= 15 is 0 Å². The third kappa shape index (κ3) is 3.60. The van der Waals surface area contributed by atoms with E-state index in [0.717, 1.165) is 31.4 Å². The lowest BCUT2D eigenvalue weighted by molar-refractivity contribution is -0.169. The van der Waals surface area contributed by atoms with E-state index in [-0.39, 0.29) is 6.29 Å². The summed E-state index contributed by atoms with van der Waals surface area (Å²) in [5.74, 6) is 0.608. The molecule has 0 N–H and O–H groups in total. The van der Waals surface area contributed by atoms with Gasteiger partial charge in [-0.3, -0.25) is 0 Å². The molecule has 0 saturated carbocycles. The summed E-state index contributed by atoms with van der Waals surface area (Å²) in [4.78, 5) is 0. The molecule has 5 heteroatoms. The van der Waals surface area contributed by atoms with Gasteiger partial charge in [0, 0.05) is 12.2 Å². The number of hydrogen-bond donors (Lipinski definition) is 0. The second-order valence-electron chi connectivity index (χ2n) is 4.36. The summed E-state index contributed by atoms with van der Waals surface area (Å²) in [7, 11) is 1.56. The van der Waals surface area contributed by atoms with Crippen molar-refractivity contribution < 1.29 is 14.2 Å². The van der Waals surface area contributed by atoms with Crippen molar-refractivity contribution in [2.24, 2.45) is 0 Å². The van der Waals surface area contributed by atoms with Crippen molar-refractivity contribution in [1.29, 1.82) is 5.26 Å². The Bertz CT molecular complexity index is 478. The van der Waals surface area contributed by atoms with Crippen molar-refractivity contribution in [3.05, 3.63) is 28.3 Å². The summed E-state index contributed by atoms with van der Waals surface area (Å²) in [5.41, 5.74) is 1.22. The molecule has 1 heterocycles. The van der Waals surface area contributed by atoms with E-state index in [1.807, 2.05) is 6.07 Å². The highest BCUT2D eigenvalue weighted by molar-refractivity contribution is 6.31. The molecule has 1 saturated heterocycles. The van der Waals surface area contributed by atoms with Gasteiger partial charge < -0.3 is 14.2 Å². The molecule has 1 aliphatic rings. The van der Waals surface area contributed by atoms with Crippen molar-refractivity contribution in [1.82, 2.24) is 0 Å². The van der Waals surface area contributed by atoms with Crippen molar-refractivity contribution in [2.75, 3.05) is 13.7 Å². The first kappa shape index (κ1) is 14.1. The maximum atomic E-state index is 8.92. The van der Waals surface area contributed by atoms with E-state index in [4.69, 9.17) is 31.1 Å². The van der Waals surface area contributed by atoms with Crippen LogP contribution in [0.3, 0.4) is 0 Å². The lowest BCUT2D eigenvalue weighted by atomic mass is 10.1. The molecule has 102 valence electrons. The van der Waals surface area contributed by atoms with Gasteiger partial charge in [-0.15, -0.1) is 0 Å². The molecule has 0 radical (unpaired) electrons. The zero-order valence-corrected chi connectivity index (χ0v) is 11.6. The molecule has 0 spiro atoms. The third-order valence-corrected chi connectivity index (χ3v) is 3.37. The van der Waals surface area contributed by atoms with Crippen LogP contribution in [0, 0.1) is 11.3 Å². The van der Waals surface area contributed by atoms with Gasteiger partial charge in [0.2, 0.25) is 0 Å². The topological polar surface area (TPSA) is 51.5 Å². The van der Waals surface area contributed by atoms with Crippen LogP contribution in [-0.2, 0) is 16.1 Å². The minimum absolute atomic E-state index is 0.159. The van der Waals surface area contributed by atoms with Crippen molar-refractivity contribution in [2.45, 2.75) is 32.2 Å². The van der Waals surface area contributed by atoms with Crippen LogP contribution in [0.4, 0.5) is 0 Å². The van der Waals surface area contributed by atoms with Gasteiger partial charge in [0.05, 0.1) is 24.3 Å². The molecular formula is C14H16ClNO3. The number of benzene rings is 1. The quantitative estimate of drug-likeness (QED) is 0.850. The van der Waals surface area contributed by atoms with Gasteiger partial charge in [0.25, 0.3) is 0 Å². The smallest absolute Gasteiger partial charge is 0.158 e. The molecule has 1 atom stereocenters. The van der Waals surface area contributed by atoms with Crippen LogP contribution < -0.4 is 4.74 Å². The summed E-state index contributed by atoms with van der Waals surface area (Å²) in [6.45, 7) is 1.11. The number of methoxy groups -OCH3 is 1. The molecule has 19 heavy (non-hydrogen) atoms. The number of hydrogen-bond acceptors (Lipinski definition) is 4. The van der Waals surface area contributed by atoms with E-state index in [0.29, 0.717) is 22.9 Å². The summed E-state index contributed by atoms with van der Waals surface area (Å²) < 4.78 is 16.4. The van der Waals surface area contributed by atoms with Crippen molar-refractivity contribution >= 4 is 11.6 Å². The van der Waals surface area contributed by atoms with Gasteiger partial charge in [-0.2, -0.15) is 5.26 Å². The molecule has 2 rings (SSSR count). The molecular weight excluding hydrogens is 266 g/mol. The van der Waals surface area contributed by atoms with Crippen LogP contribution in [0.15, 0.2) is 12.1 Å². The average molecular weight is 282 g/mol.